The van der Waals surface area contributed by atoms with Gasteiger partial charge < -0.3 is 40.0 Å². The number of Topliss-reactive ketones (excluding diaryl/α,β-unsaturated/α-hetero) is 1. The minimum absolute atomic E-state index is 0. The van der Waals surface area contributed by atoms with Gasteiger partial charge in [0.2, 0.25) is 0 Å². The van der Waals surface area contributed by atoms with Gasteiger partial charge in [0, 0.05) is 76.4 Å². The summed E-state index contributed by atoms with van der Waals surface area (Å²) in [4.78, 5) is 39.4. The van der Waals surface area contributed by atoms with E-state index in [4.69, 9.17) is 30.9 Å². The minimum Gasteiger partial charge on any atom is -0.456 e. The summed E-state index contributed by atoms with van der Waals surface area (Å²) in [6.45, 7) is 13.2. The summed E-state index contributed by atoms with van der Waals surface area (Å²) in [6.07, 6.45) is -7.85. The summed E-state index contributed by atoms with van der Waals surface area (Å²) in [5.74, 6) is -1.52. The number of esters is 1. The average molecular weight is 937 g/mol. The van der Waals surface area contributed by atoms with Crippen molar-refractivity contribution in [1.29, 1.82) is 0 Å². The molecule has 2 fully saturated rings. The van der Waals surface area contributed by atoms with E-state index in [0.29, 0.717) is 11.1 Å². The molecule has 52 heavy (non-hydrogen) atoms. The number of benzene rings is 2. The number of carbonyl (C=O) groups is 2. The molecule has 0 aromatic heterocycles. The predicted octanol–water partition coefficient (Wildman–Crippen LogP) is 2.80. The number of aliphatic hydroxyl groups is 4. The van der Waals surface area contributed by atoms with Crippen LogP contribution in [0.3, 0.4) is 0 Å². The number of hydrogen-bond acceptors (Lipinski definition) is 12. The summed E-state index contributed by atoms with van der Waals surface area (Å²) in [7, 11) is 2.94. The number of nitrogens with one attached hydrogen (secondary N) is 1. The number of aliphatic hydroxyl groups excluding tert-OH is 2. The Morgan fingerprint density at radius 3 is 2.23 bits per heavy atom. The fraction of sp³-hybridized carbons (Fsp3) is 0.564. The maximum Gasteiger partial charge on any atom is 0.337 e. The van der Waals surface area contributed by atoms with Crippen LogP contribution in [0.25, 0.3) is 0 Å². The predicted molar refractivity (Wildman–Crippen MR) is 184 cm³/mol. The van der Waals surface area contributed by atoms with Gasteiger partial charge in [-0.3, -0.25) is 4.79 Å². The molecule has 0 spiro atoms. The molecule has 0 amide bonds. The first-order valence-corrected chi connectivity index (χ1v) is 17.2. The molecule has 5 rings (SSSR count). The second kappa shape index (κ2) is 17.0. The molecule has 10 atom stereocenters. The molecule has 2 aromatic carbocycles. The van der Waals surface area contributed by atoms with Crippen LogP contribution in [0.5, 0.6) is 0 Å². The van der Waals surface area contributed by atoms with Crippen molar-refractivity contribution in [3.8, 4) is 0 Å². The minimum atomic E-state index is -2.05. The van der Waals surface area contributed by atoms with Crippen LogP contribution in [-0.4, -0.2) is 101 Å². The van der Waals surface area contributed by atoms with Crippen LogP contribution in [0.4, 0.5) is 0 Å². The summed E-state index contributed by atoms with van der Waals surface area (Å²) in [5.41, 5.74) is -4.13. The van der Waals surface area contributed by atoms with Gasteiger partial charge in [-0.1, -0.05) is 74.5 Å². The van der Waals surface area contributed by atoms with Crippen molar-refractivity contribution in [2.24, 2.45) is 10.8 Å². The van der Waals surface area contributed by atoms with Gasteiger partial charge in [0.25, 0.3) is 0 Å². The molecule has 12 nitrogen and oxygen atoms in total. The first-order chi connectivity index (χ1) is 24.0. The molecular weight excluding hydrogens is 885 g/mol. The third kappa shape index (κ3) is 8.03. The molecule has 1 heterocycles. The van der Waals surface area contributed by atoms with Gasteiger partial charge in [0.15, 0.2) is 11.9 Å². The SMILES string of the molecule is [Ac].[CH]C(OOCc1ccccc1)C1(O)CC(OC(=O)C(O)C(NC)c2ccccc2)C(C)=C(C(OC)C(=O)C2(C)CC3(O)COC3CC2O)C1(C)C. The van der Waals surface area contributed by atoms with Crippen LogP contribution in [0.2, 0.25) is 0 Å². The second-order valence-corrected chi connectivity index (χ2v) is 14.9. The van der Waals surface area contributed by atoms with Crippen LogP contribution in [-0.2, 0) is 40.2 Å². The molecule has 0 bridgehead atoms. The first kappa shape index (κ1) is 43.1. The topological polar surface area (TPSA) is 173 Å². The van der Waals surface area contributed by atoms with Gasteiger partial charge in [-0.05, 0) is 49.6 Å². The van der Waals surface area contributed by atoms with Gasteiger partial charge >= 0.3 is 5.97 Å². The van der Waals surface area contributed by atoms with Crippen molar-refractivity contribution in [3.63, 3.8) is 0 Å². The Hall–Kier alpha value is -1.60. The zero-order valence-electron chi connectivity index (χ0n) is 30.7. The molecule has 10 unspecified atom stereocenters. The summed E-state index contributed by atoms with van der Waals surface area (Å²) in [6, 6.07) is 17.3. The molecule has 2 aromatic rings. The van der Waals surface area contributed by atoms with E-state index in [2.05, 4.69) is 5.32 Å². The Morgan fingerprint density at radius 2 is 1.67 bits per heavy atom. The number of methoxy groups -OCH3 is 1. The molecule has 3 radical (unpaired) electrons. The zero-order chi connectivity index (χ0) is 37.4. The molecule has 13 heteroatoms. The number of ketones is 1. The van der Waals surface area contributed by atoms with Crippen molar-refractivity contribution in [2.45, 2.75) is 107 Å². The maximum atomic E-state index is 14.6. The molecule has 281 valence electrons. The summed E-state index contributed by atoms with van der Waals surface area (Å²) < 4.78 is 17.3. The van der Waals surface area contributed by atoms with Crippen molar-refractivity contribution < 1.29 is 98.1 Å². The molecule has 2 aliphatic carbocycles. The number of rotatable bonds is 14. The van der Waals surface area contributed by atoms with Gasteiger partial charge in [-0.25, -0.2) is 14.6 Å². The number of likely N-dealkylation sites (N-methyl/N-ethyl adjacent to an activating group) is 1. The van der Waals surface area contributed by atoms with E-state index in [-0.39, 0.29) is 82.1 Å². The number of ether oxygens (including phenoxy) is 3. The Morgan fingerprint density at radius 1 is 1.06 bits per heavy atom. The van der Waals surface area contributed by atoms with E-state index in [1.807, 2.05) is 36.4 Å². The number of hydrogen-bond donors (Lipinski definition) is 5. The first-order valence-electron chi connectivity index (χ1n) is 17.2. The van der Waals surface area contributed by atoms with Gasteiger partial charge in [0.05, 0.1) is 30.3 Å². The summed E-state index contributed by atoms with van der Waals surface area (Å²) in [5, 5.41) is 49.2. The van der Waals surface area contributed by atoms with Gasteiger partial charge in [-0.15, -0.1) is 0 Å². The third-order valence-electron chi connectivity index (χ3n) is 11.4. The van der Waals surface area contributed by atoms with Crippen LogP contribution >= 0.6 is 0 Å². The summed E-state index contributed by atoms with van der Waals surface area (Å²) >= 11 is 0. The average Bonchev–Trinajstić information content (AvgIpc) is 3.11. The van der Waals surface area contributed by atoms with Crippen LogP contribution in [0.1, 0.15) is 64.1 Å². The van der Waals surface area contributed by atoms with Crippen LogP contribution in [0, 0.1) is 61.8 Å². The molecule has 1 aliphatic heterocycles. The monoisotopic (exact) mass is 936 g/mol. The molecule has 3 aliphatic rings. The van der Waals surface area contributed by atoms with Crippen molar-refractivity contribution in [1.82, 2.24) is 5.32 Å². The quantitative estimate of drug-likeness (QED) is 0.0814. The second-order valence-electron chi connectivity index (χ2n) is 14.9. The zero-order valence-corrected chi connectivity index (χ0v) is 35.4. The fourth-order valence-electron chi connectivity index (χ4n) is 8.04. The molecular formula is C39H51AcNO11. The van der Waals surface area contributed by atoms with E-state index in [0.717, 1.165) is 5.56 Å². The number of carbonyl (C=O) groups excluding carboxylic acids is 2. The van der Waals surface area contributed by atoms with E-state index in [9.17, 15) is 30.0 Å². The van der Waals surface area contributed by atoms with E-state index in [1.54, 1.807) is 59.0 Å². The Labute approximate surface area is 341 Å². The van der Waals surface area contributed by atoms with E-state index in [1.165, 1.54) is 7.11 Å². The van der Waals surface area contributed by atoms with Crippen LogP contribution < -0.4 is 5.32 Å². The normalized spacial score (nSPS) is 31.9. The Kier molecular flexibility index (Phi) is 14.1. The molecule has 5 N–H and O–H groups in total. The van der Waals surface area contributed by atoms with E-state index >= 15 is 0 Å². The van der Waals surface area contributed by atoms with Crippen molar-refractivity contribution in [2.75, 3.05) is 20.8 Å². The van der Waals surface area contributed by atoms with Crippen molar-refractivity contribution >= 4 is 11.8 Å². The van der Waals surface area contributed by atoms with Crippen molar-refractivity contribution in [3.05, 3.63) is 89.9 Å². The standard InChI is InChI=1S/C39H51NO11.Ac/c1-23-27(50-35(44)32(42)31(40-6)26-16-12-9-13-17-26)19-39(46,24(2)51-49-20-25-14-10-8-11-15-25)36(3,4)30(23)33(47-7)34(43)37(5)21-38(45)22-48-29(38)18-28(37)41;/h2,8-17,24,27-29,31-33,40-42,45-46H,18-22H2,1,3-7H3;. The van der Waals surface area contributed by atoms with Crippen LogP contribution in [0.15, 0.2) is 71.8 Å². The molecule has 1 saturated carbocycles. The fourth-order valence-corrected chi connectivity index (χ4v) is 8.04. The Bertz CT molecular complexity index is 1570. The Balaban J connectivity index is 0.00000605. The third-order valence-corrected chi connectivity index (χ3v) is 11.4. The smallest absolute Gasteiger partial charge is 0.337 e. The van der Waals surface area contributed by atoms with Gasteiger partial charge in [-0.2, -0.15) is 0 Å². The number of fused-ring (bicyclic) bond motifs is 1. The maximum absolute atomic E-state index is 14.6. The largest absolute Gasteiger partial charge is 0.456 e. The van der Waals surface area contributed by atoms with Gasteiger partial charge in [0.1, 0.15) is 36.1 Å². The molecule has 1 saturated heterocycles. The van der Waals surface area contributed by atoms with E-state index < -0.39 is 76.5 Å².